The van der Waals surface area contributed by atoms with Crippen LogP contribution in [0.4, 0.5) is 11.5 Å². The van der Waals surface area contributed by atoms with Gasteiger partial charge < -0.3 is 5.73 Å². The summed E-state index contributed by atoms with van der Waals surface area (Å²) in [4.78, 5) is 4.06. The van der Waals surface area contributed by atoms with Crippen molar-refractivity contribution >= 4 is 21.5 Å². The van der Waals surface area contributed by atoms with Gasteiger partial charge in [0.25, 0.3) is 10.0 Å². The molecule has 0 saturated carbocycles. The van der Waals surface area contributed by atoms with Gasteiger partial charge in [0, 0.05) is 6.20 Å². The summed E-state index contributed by atoms with van der Waals surface area (Å²) in [6, 6.07) is 6.69. The molecule has 20 heavy (non-hydrogen) atoms. The molecule has 106 valence electrons. The van der Waals surface area contributed by atoms with Crippen LogP contribution in [0.25, 0.3) is 0 Å². The number of sulfonamides is 1. The zero-order valence-corrected chi connectivity index (χ0v) is 12.5. The Balaban J connectivity index is 2.43. The van der Waals surface area contributed by atoms with E-state index >= 15 is 0 Å². The monoisotopic (exact) mass is 291 g/mol. The third-order valence-electron chi connectivity index (χ3n) is 3.07. The molecule has 0 atom stereocenters. The molecule has 2 rings (SSSR count). The Morgan fingerprint density at radius 2 is 1.75 bits per heavy atom. The number of hydrogen-bond acceptors (Lipinski definition) is 4. The van der Waals surface area contributed by atoms with Crippen molar-refractivity contribution in [1.29, 1.82) is 0 Å². The van der Waals surface area contributed by atoms with Crippen molar-refractivity contribution < 1.29 is 8.42 Å². The molecule has 5 nitrogen and oxygen atoms in total. The van der Waals surface area contributed by atoms with Gasteiger partial charge in [-0.15, -0.1) is 0 Å². The van der Waals surface area contributed by atoms with Crippen LogP contribution < -0.4 is 10.5 Å². The summed E-state index contributed by atoms with van der Waals surface area (Å²) >= 11 is 0. The molecule has 0 unspecified atom stereocenters. The van der Waals surface area contributed by atoms with E-state index in [0.29, 0.717) is 0 Å². The Morgan fingerprint density at radius 3 is 2.40 bits per heavy atom. The van der Waals surface area contributed by atoms with Crippen molar-refractivity contribution in [3.63, 3.8) is 0 Å². The lowest BCUT2D eigenvalue weighted by Gasteiger charge is -2.12. The van der Waals surface area contributed by atoms with Crippen molar-refractivity contribution in [2.75, 3.05) is 10.5 Å². The van der Waals surface area contributed by atoms with E-state index in [1.54, 1.807) is 30.5 Å². The molecule has 6 heteroatoms. The molecule has 0 aliphatic rings. The Hall–Kier alpha value is -2.08. The standard InChI is InChI=1S/C14H17N3O2S/c1-9-4-5-16-14(6-9)17-20(18,19)13-8-11(3)10(2)7-12(13)15/h4-8H,15H2,1-3H3,(H,16,17). The summed E-state index contributed by atoms with van der Waals surface area (Å²) < 4.78 is 27.2. The zero-order chi connectivity index (χ0) is 14.9. The second-order valence-electron chi connectivity index (χ2n) is 4.80. The summed E-state index contributed by atoms with van der Waals surface area (Å²) in [7, 11) is -3.74. The van der Waals surface area contributed by atoms with E-state index in [4.69, 9.17) is 5.73 Å². The highest BCUT2D eigenvalue weighted by atomic mass is 32.2. The topological polar surface area (TPSA) is 85.1 Å². The molecule has 0 fully saturated rings. The molecule has 0 saturated heterocycles. The van der Waals surface area contributed by atoms with Crippen LogP contribution in [-0.2, 0) is 10.0 Å². The van der Waals surface area contributed by atoms with Gasteiger partial charge in [-0.3, -0.25) is 4.72 Å². The minimum Gasteiger partial charge on any atom is -0.398 e. The van der Waals surface area contributed by atoms with Crippen molar-refractivity contribution in [1.82, 2.24) is 4.98 Å². The molecule has 0 spiro atoms. The van der Waals surface area contributed by atoms with Crippen molar-refractivity contribution in [3.8, 4) is 0 Å². The fourth-order valence-corrected chi connectivity index (χ4v) is 3.03. The number of pyridine rings is 1. The summed E-state index contributed by atoms with van der Waals surface area (Å²) in [5, 5.41) is 0. The number of nitrogens with two attached hydrogens (primary N) is 1. The first-order chi connectivity index (χ1) is 9.29. The lowest BCUT2D eigenvalue weighted by molar-refractivity contribution is 0.601. The molecule has 0 aliphatic heterocycles. The van der Waals surface area contributed by atoms with Crippen molar-refractivity contribution in [2.45, 2.75) is 25.7 Å². The summed E-state index contributed by atoms with van der Waals surface area (Å²) in [5.41, 5.74) is 8.80. The predicted octanol–water partition coefficient (Wildman–Crippen LogP) is 2.39. The Bertz CT molecular complexity index is 755. The van der Waals surface area contributed by atoms with Crippen LogP contribution >= 0.6 is 0 Å². The molecule has 1 aromatic carbocycles. The fraction of sp³-hybridized carbons (Fsp3) is 0.214. The number of aromatic nitrogens is 1. The molecule has 0 radical (unpaired) electrons. The number of aryl methyl sites for hydroxylation is 3. The maximum atomic E-state index is 12.4. The number of nitrogens with one attached hydrogen (secondary N) is 1. The smallest absolute Gasteiger partial charge is 0.265 e. The molecule has 0 amide bonds. The van der Waals surface area contributed by atoms with Crippen molar-refractivity contribution in [2.24, 2.45) is 0 Å². The first kappa shape index (κ1) is 14.3. The van der Waals surface area contributed by atoms with Crippen LogP contribution in [0.2, 0.25) is 0 Å². The number of hydrogen-bond donors (Lipinski definition) is 2. The Labute approximate surface area is 118 Å². The number of nitrogen functional groups attached to an aromatic ring is 1. The van der Waals surface area contributed by atoms with Crippen LogP contribution in [0.15, 0.2) is 35.4 Å². The first-order valence-electron chi connectivity index (χ1n) is 6.12. The second kappa shape index (κ2) is 5.13. The molecule has 0 bridgehead atoms. The third kappa shape index (κ3) is 2.91. The maximum absolute atomic E-state index is 12.4. The van der Waals surface area contributed by atoms with E-state index in [0.717, 1.165) is 16.7 Å². The lowest BCUT2D eigenvalue weighted by Crippen LogP contribution is -2.16. The minimum atomic E-state index is -3.74. The summed E-state index contributed by atoms with van der Waals surface area (Å²) in [6.07, 6.45) is 1.55. The number of anilines is 2. The van der Waals surface area contributed by atoms with Gasteiger partial charge in [0.05, 0.1) is 5.69 Å². The van der Waals surface area contributed by atoms with Gasteiger partial charge in [-0.1, -0.05) is 0 Å². The summed E-state index contributed by atoms with van der Waals surface area (Å²) in [6.45, 7) is 5.60. The second-order valence-corrected chi connectivity index (χ2v) is 6.45. The van der Waals surface area contributed by atoms with Gasteiger partial charge in [0.2, 0.25) is 0 Å². The molecule has 3 N–H and O–H groups in total. The van der Waals surface area contributed by atoms with Crippen LogP contribution in [0.3, 0.4) is 0 Å². The van der Waals surface area contributed by atoms with Crippen LogP contribution in [-0.4, -0.2) is 13.4 Å². The highest BCUT2D eigenvalue weighted by Crippen LogP contribution is 2.24. The van der Waals surface area contributed by atoms with Gasteiger partial charge >= 0.3 is 0 Å². The highest BCUT2D eigenvalue weighted by molar-refractivity contribution is 7.92. The van der Waals surface area contributed by atoms with Crippen LogP contribution in [0.5, 0.6) is 0 Å². The van der Waals surface area contributed by atoms with Gasteiger partial charge in [0.1, 0.15) is 10.7 Å². The van der Waals surface area contributed by atoms with E-state index in [-0.39, 0.29) is 16.4 Å². The summed E-state index contributed by atoms with van der Waals surface area (Å²) in [5.74, 6) is 0.280. The van der Waals surface area contributed by atoms with Gasteiger partial charge in [-0.25, -0.2) is 13.4 Å². The van der Waals surface area contributed by atoms with Gasteiger partial charge in [-0.2, -0.15) is 0 Å². The van der Waals surface area contributed by atoms with Crippen LogP contribution in [0.1, 0.15) is 16.7 Å². The van der Waals surface area contributed by atoms with E-state index < -0.39 is 10.0 Å². The molecule has 1 heterocycles. The normalized spacial score (nSPS) is 11.3. The minimum absolute atomic E-state index is 0.0731. The van der Waals surface area contributed by atoms with E-state index in [1.807, 2.05) is 20.8 Å². The Morgan fingerprint density at radius 1 is 1.10 bits per heavy atom. The molecular formula is C14H17N3O2S. The average molecular weight is 291 g/mol. The van der Waals surface area contributed by atoms with Crippen LogP contribution in [0, 0.1) is 20.8 Å². The zero-order valence-electron chi connectivity index (χ0n) is 11.6. The highest BCUT2D eigenvalue weighted by Gasteiger charge is 2.19. The molecule has 0 aliphatic carbocycles. The molecule has 1 aromatic heterocycles. The predicted molar refractivity (Wildman–Crippen MR) is 80.1 cm³/mol. The quantitative estimate of drug-likeness (QED) is 0.850. The van der Waals surface area contributed by atoms with Gasteiger partial charge in [0.15, 0.2) is 0 Å². The average Bonchev–Trinajstić information content (AvgIpc) is 2.33. The SMILES string of the molecule is Cc1ccnc(NS(=O)(=O)c2cc(C)c(C)cc2N)c1. The third-order valence-corrected chi connectivity index (χ3v) is 4.48. The number of benzene rings is 1. The maximum Gasteiger partial charge on any atom is 0.265 e. The molecular weight excluding hydrogens is 274 g/mol. The number of nitrogens with zero attached hydrogens (tertiary/aromatic N) is 1. The lowest BCUT2D eigenvalue weighted by atomic mass is 10.1. The fourth-order valence-electron chi connectivity index (χ4n) is 1.83. The largest absolute Gasteiger partial charge is 0.398 e. The first-order valence-corrected chi connectivity index (χ1v) is 7.60. The van der Waals surface area contributed by atoms with Gasteiger partial charge in [-0.05, 0) is 61.7 Å². The van der Waals surface area contributed by atoms with E-state index in [1.165, 1.54) is 0 Å². The Kier molecular flexibility index (Phi) is 3.67. The van der Waals surface area contributed by atoms with Crippen molar-refractivity contribution in [3.05, 3.63) is 47.2 Å². The van der Waals surface area contributed by atoms with E-state index in [2.05, 4.69) is 9.71 Å². The van der Waals surface area contributed by atoms with E-state index in [9.17, 15) is 8.42 Å². The molecule has 2 aromatic rings. The number of rotatable bonds is 3.